The highest BCUT2D eigenvalue weighted by Crippen LogP contribution is 2.16. The number of carbonyl (C=O) groups excluding carboxylic acids is 2. The Morgan fingerprint density at radius 3 is 2.37 bits per heavy atom. The van der Waals surface area contributed by atoms with Crippen molar-refractivity contribution in [2.45, 2.75) is 32.2 Å². The Labute approximate surface area is 160 Å². The van der Waals surface area contributed by atoms with E-state index in [-0.39, 0.29) is 17.9 Å². The molecule has 0 spiro atoms. The first kappa shape index (κ1) is 19.1. The smallest absolute Gasteiger partial charge is 0.251 e. The summed E-state index contributed by atoms with van der Waals surface area (Å²) in [6.07, 6.45) is 2.61. The first-order valence-corrected chi connectivity index (χ1v) is 9.61. The van der Waals surface area contributed by atoms with E-state index in [1.54, 1.807) is 0 Å². The Morgan fingerprint density at radius 2 is 1.67 bits per heavy atom. The van der Waals surface area contributed by atoms with Gasteiger partial charge >= 0.3 is 0 Å². The van der Waals surface area contributed by atoms with Crippen LogP contribution in [0.3, 0.4) is 0 Å². The molecule has 1 fully saturated rings. The number of likely N-dealkylation sites (tertiary alicyclic amines) is 1. The standard InChI is InChI=1S/C22H27N3O2/c1-2-17-8-6-7-11-20(17)24-21(26)16-25-14-12-19(13-15-25)23-22(27)18-9-4-3-5-10-18/h3-11,19H,2,12-16H2,1H3,(H,23,27)(H,24,26). The lowest BCUT2D eigenvalue weighted by Crippen LogP contribution is -2.46. The number of nitrogens with one attached hydrogen (secondary N) is 2. The van der Waals surface area contributed by atoms with Gasteiger partial charge in [0.2, 0.25) is 5.91 Å². The van der Waals surface area contributed by atoms with Crippen LogP contribution in [0.4, 0.5) is 5.69 Å². The molecule has 0 aliphatic carbocycles. The predicted molar refractivity (Wildman–Crippen MR) is 108 cm³/mol. The van der Waals surface area contributed by atoms with Gasteiger partial charge < -0.3 is 10.6 Å². The van der Waals surface area contributed by atoms with Crippen LogP contribution in [-0.4, -0.2) is 42.4 Å². The zero-order valence-electron chi connectivity index (χ0n) is 15.8. The van der Waals surface area contributed by atoms with E-state index in [9.17, 15) is 9.59 Å². The molecule has 27 heavy (non-hydrogen) atoms. The second-order valence-electron chi connectivity index (χ2n) is 6.95. The fourth-order valence-corrected chi connectivity index (χ4v) is 3.44. The molecule has 2 N–H and O–H groups in total. The van der Waals surface area contributed by atoms with Crippen LogP contribution >= 0.6 is 0 Å². The van der Waals surface area contributed by atoms with E-state index in [1.165, 1.54) is 0 Å². The summed E-state index contributed by atoms with van der Waals surface area (Å²) in [5, 5.41) is 6.12. The number of benzene rings is 2. The number of rotatable bonds is 6. The second kappa shape index (κ2) is 9.33. The van der Waals surface area contributed by atoms with E-state index >= 15 is 0 Å². The minimum absolute atomic E-state index is 0.0164. The predicted octanol–water partition coefficient (Wildman–Crippen LogP) is 3.08. The van der Waals surface area contributed by atoms with Crippen molar-refractivity contribution in [1.82, 2.24) is 10.2 Å². The minimum atomic E-state index is -0.0250. The first-order chi connectivity index (χ1) is 13.2. The Kier molecular flexibility index (Phi) is 6.60. The first-order valence-electron chi connectivity index (χ1n) is 9.61. The van der Waals surface area contributed by atoms with Crippen LogP contribution in [0.5, 0.6) is 0 Å². The van der Waals surface area contributed by atoms with Crippen molar-refractivity contribution in [1.29, 1.82) is 0 Å². The summed E-state index contributed by atoms with van der Waals surface area (Å²) in [6.45, 7) is 4.09. The molecule has 0 radical (unpaired) electrons. The summed E-state index contributed by atoms with van der Waals surface area (Å²) in [5.74, 6) is -0.00867. The lowest BCUT2D eigenvalue weighted by atomic mass is 10.0. The number of para-hydroxylation sites is 1. The topological polar surface area (TPSA) is 61.4 Å². The van der Waals surface area contributed by atoms with Crippen molar-refractivity contribution >= 4 is 17.5 Å². The molecule has 0 unspecified atom stereocenters. The fourth-order valence-electron chi connectivity index (χ4n) is 3.44. The lowest BCUT2D eigenvalue weighted by molar-refractivity contribution is -0.117. The number of anilines is 1. The van der Waals surface area contributed by atoms with Gasteiger partial charge in [0.25, 0.3) is 5.91 Å². The summed E-state index contributed by atoms with van der Waals surface area (Å²) >= 11 is 0. The van der Waals surface area contributed by atoms with Gasteiger partial charge in [-0.15, -0.1) is 0 Å². The van der Waals surface area contributed by atoms with Gasteiger partial charge in [-0.25, -0.2) is 0 Å². The van der Waals surface area contributed by atoms with Crippen LogP contribution in [0.25, 0.3) is 0 Å². The van der Waals surface area contributed by atoms with E-state index in [0.29, 0.717) is 12.1 Å². The van der Waals surface area contributed by atoms with Crippen LogP contribution in [0.15, 0.2) is 54.6 Å². The summed E-state index contributed by atoms with van der Waals surface area (Å²) in [4.78, 5) is 26.8. The number of hydrogen-bond donors (Lipinski definition) is 2. The van der Waals surface area contributed by atoms with Crippen molar-refractivity contribution in [2.24, 2.45) is 0 Å². The normalized spacial score (nSPS) is 15.3. The molecule has 5 nitrogen and oxygen atoms in total. The number of piperidine rings is 1. The molecule has 0 bridgehead atoms. The maximum absolute atomic E-state index is 12.4. The highest BCUT2D eigenvalue weighted by Gasteiger charge is 2.22. The molecule has 1 aliphatic heterocycles. The number of nitrogens with zero attached hydrogens (tertiary/aromatic N) is 1. The van der Waals surface area contributed by atoms with E-state index in [0.717, 1.165) is 43.6 Å². The van der Waals surface area contributed by atoms with E-state index in [1.807, 2.05) is 54.6 Å². The van der Waals surface area contributed by atoms with Crippen LogP contribution in [-0.2, 0) is 11.2 Å². The van der Waals surface area contributed by atoms with Crippen LogP contribution in [0, 0.1) is 0 Å². The molecule has 3 rings (SSSR count). The largest absolute Gasteiger partial charge is 0.349 e. The molecule has 2 amide bonds. The van der Waals surface area contributed by atoms with E-state index in [2.05, 4.69) is 22.5 Å². The quantitative estimate of drug-likeness (QED) is 0.827. The minimum Gasteiger partial charge on any atom is -0.349 e. The average molecular weight is 365 g/mol. The Bertz CT molecular complexity index is 768. The highest BCUT2D eigenvalue weighted by molar-refractivity contribution is 5.94. The average Bonchev–Trinajstić information content (AvgIpc) is 2.70. The third kappa shape index (κ3) is 5.41. The molecular formula is C22H27N3O2. The Morgan fingerprint density at radius 1 is 1.00 bits per heavy atom. The van der Waals surface area contributed by atoms with Gasteiger partial charge in [0, 0.05) is 30.4 Å². The van der Waals surface area contributed by atoms with Gasteiger partial charge in [0.05, 0.1) is 6.54 Å². The van der Waals surface area contributed by atoms with Crippen molar-refractivity contribution in [3.8, 4) is 0 Å². The fraction of sp³-hybridized carbons (Fsp3) is 0.364. The van der Waals surface area contributed by atoms with Gasteiger partial charge in [-0.1, -0.05) is 43.3 Å². The molecule has 1 aliphatic rings. The van der Waals surface area contributed by atoms with Gasteiger partial charge in [0.1, 0.15) is 0 Å². The molecule has 0 atom stereocenters. The number of carbonyl (C=O) groups is 2. The molecule has 5 heteroatoms. The van der Waals surface area contributed by atoms with Crippen molar-refractivity contribution in [2.75, 3.05) is 25.0 Å². The van der Waals surface area contributed by atoms with Crippen LogP contribution < -0.4 is 10.6 Å². The molecule has 1 saturated heterocycles. The molecule has 0 saturated carbocycles. The zero-order chi connectivity index (χ0) is 19.1. The third-order valence-corrected chi connectivity index (χ3v) is 5.00. The van der Waals surface area contributed by atoms with Crippen molar-refractivity contribution < 1.29 is 9.59 Å². The molecule has 2 aromatic rings. The van der Waals surface area contributed by atoms with Gasteiger partial charge in [-0.3, -0.25) is 14.5 Å². The zero-order valence-corrected chi connectivity index (χ0v) is 15.8. The van der Waals surface area contributed by atoms with E-state index in [4.69, 9.17) is 0 Å². The number of aryl methyl sites for hydroxylation is 1. The second-order valence-corrected chi connectivity index (χ2v) is 6.95. The van der Waals surface area contributed by atoms with Gasteiger partial charge in [0.15, 0.2) is 0 Å². The van der Waals surface area contributed by atoms with Crippen molar-refractivity contribution in [3.05, 3.63) is 65.7 Å². The maximum Gasteiger partial charge on any atom is 0.251 e. The number of hydrogen-bond acceptors (Lipinski definition) is 3. The summed E-state index contributed by atoms with van der Waals surface area (Å²) in [7, 11) is 0. The SMILES string of the molecule is CCc1ccccc1NC(=O)CN1CCC(NC(=O)c2ccccc2)CC1. The van der Waals surface area contributed by atoms with E-state index < -0.39 is 0 Å². The molecule has 2 aromatic carbocycles. The molecular weight excluding hydrogens is 338 g/mol. The molecule has 142 valence electrons. The highest BCUT2D eigenvalue weighted by atomic mass is 16.2. The Balaban J connectivity index is 1.44. The summed E-state index contributed by atoms with van der Waals surface area (Å²) < 4.78 is 0. The lowest BCUT2D eigenvalue weighted by Gasteiger charge is -2.31. The summed E-state index contributed by atoms with van der Waals surface area (Å²) in [6, 6.07) is 17.4. The van der Waals surface area contributed by atoms with Gasteiger partial charge in [-0.05, 0) is 43.0 Å². The van der Waals surface area contributed by atoms with Crippen molar-refractivity contribution in [3.63, 3.8) is 0 Å². The number of amides is 2. The maximum atomic E-state index is 12.4. The third-order valence-electron chi connectivity index (χ3n) is 5.00. The summed E-state index contributed by atoms with van der Waals surface area (Å²) in [5.41, 5.74) is 2.73. The van der Waals surface area contributed by atoms with Crippen LogP contribution in [0.2, 0.25) is 0 Å². The van der Waals surface area contributed by atoms with Gasteiger partial charge in [-0.2, -0.15) is 0 Å². The Hall–Kier alpha value is -2.66. The van der Waals surface area contributed by atoms with Crippen LogP contribution in [0.1, 0.15) is 35.7 Å². The monoisotopic (exact) mass is 365 g/mol. The molecule has 1 heterocycles. The molecule has 0 aromatic heterocycles.